The van der Waals surface area contributed by atoms with Gasteiger partial charge in [-0.2, -0.15) is 12.6 Å². The fourth-order valence-electron chi connectivity index (χ4n) is 5.00. The van der Waals surface area contributed by atoms with Crippen molar-refractivity contribution in [3.8, 4) is 11.5 Å². The van der Waals surface area contributed by atoms with Gasteiger partial charge in [0.15, 0.2) is 5.82 Å². The van der Waals surface area contributed by atoms with Gasteiger partial charge < -0.3 is 24.8 Å². The molecule has 210 valence electrons. The molecular formula is C29H31N9O2S. The zero-order valence-corrected chi connectivity index (χ0v) is 23.8. The van der Waals surface area contributed by atoms with E-state index in [0.717, 1.165) is 59.7 Å². The van der Waals surface area contributed by atoms with Crippen LogP contribution in [0.15, 0.2) is 55.2 Å². The number of anilines is 3. The molecule has 1 fully saturated rings. The van der Waals surface area contributed by atoms with Gasteiger partial charge in [-0.05, 0) is 61.4 Å². The summed E-state index contributed by atoms with van der Waals surface area (Å²) >= 11 is 4.14. The van der Waals surface area contributed by atoms with Gasteiger partial charge in [0, 0.05) is 44.4 Å². The third-order valence-corrected chi connectivity index (χ3v) is 7.43. The first-order valence-electron chi connectivity index (χ1n) is 13.6. The lowest BCUT2D eigenvalue weighted by atomic mass is 10.1. The van der Waals surface area contributed by atoms with E-state index in [9.17, 15) is 4.79 Å². The standard InChI is InChI=1S/C29H31N9O2S/c1-18-13-20(3-6-25(18)40-21-4-5-24-22(14-21)33-17-37(24)2)35-28-27-23(31-16-32-28)15-30-29(36-27)38-10-7-19(8-11-38)34-26(39)9-12-41/h3-6,13-17,19,41H,7-12H2,1-2H3,(H,34,39)(H,31,32,35). The van der Waals surface area contributed by atoms with Crippen LogP contribution in [0.25, 0.3) is 22.1 Å². The molecule has 1 amide bonds. The van der Waals surface area contributed by atoms with E-state index in [1.54, 1.807) is 12.5 Å². The Morgan fingerprint density at radius 1 is 1.07 bits per heavy atom. The van der Waals surface area contributed by atoms with Gasteiger partial charge in [0.2, 0.25) is 11.9 Å². The van der Waals surface area contributed by atoms with E-state index in [4.69, 9.17) is 9.72 Å². The first-order chi connectivity index (χ1) is 20.0. The predicted octanol–water partition coefficient (Wildman–Crippen LogP) is 4.56. The van der Waals surface area contributed by atoms with E-state index in [2.05, 4.69) is 48.1 Å². The second-order valence-electron chi connectivity index (χ2n) is 10.1. The van der Waals surface area contributed by atoms with Crippen LogP contribution >= 0.6 is 12.6 Å². The van der Waals surface area contributed by atoms with Gasteiger partial charge >= 0.3 is 0 Å². The molecule has 12 heteroatoms. The topological polar surface area (TPSA) is 123 Å². The summed E-state index contributed by atoms with van der Waals surface area (Å²) in [6.07, 6.45) is 7.13. The lowest BCUT2D eigenvalue weighted by Crippen LogP contribution is -2.45. The number of benzene rings is 2. The minimum atomic E-state index is 0.0501. The van der Waals surface area contributed by atoms with Crippen molar-refractivity contribution in [1.82, 2.24) is 34.8 Å². The molecule has 5 aromatic rings. The normalized spacial score (nSPS) is 14.0. The highest BCUT2D eigenvalue weighted by Gasteiger charge is 2.23. The molecule has 11 nitrogen and oxygen atoms in total. The Morgan fingerprint density at radius 2 is 1.93 bits per heavy atom. The zero-order chi connectivity index (χ0) is 28.3. The third kappa shape index (κ3) is 5.87. The number of hydrogen-bond acceptors (Lipinski definition) is 10. The molecule has 0 bridgehead atoms. The SMILES string of the molecule is Cc1cc(Nc2ncnc3cnc(N4CCC(NC(=O)CCS)CC4)nc23)ccc1Oc1ccc2c(c1)ncn2C. The molecule has 6 rings (SSSR count). The van der Waals surface area contributed by atoms with E-state index >= 15 is 0 Å². The van der Waals surface area contributed by atoms with Crippen molar-refractivity contribution in [2.45, 2.75) is 32.2 Å². The van der Waals surface area contributed by atoms with Crippen LogP contribution in [-0.2, 0) is 11.8 Å². The van der Waals surface area contributed by atoms with Crippen molar-refractivity contribution in [1.29, 1.82) is 0 Å². The second-order valence-corrected chi connectivity index (χ2v) is 10.6. The Hall–Kier alpha value is -4.45. The highest BCUT2D eigenvalue weighted by molar-refractivity contribution is 7.80. The number of ether oxygens (including phenoxy) is 1. The first-order valence-corrected chi connectivity index (χ1v) is 14.2. The number of imidazole rings is 1. The number of hydrogen-bond donors (Lipinski definition) is 3. The van der Waals surface area contributed by atoms with Gasteiger partial charge in [-0.3, -0.25) is 4.79 Å². The molecule has 1 saturated heterocycles. The van der Waals surface area contributed by atoms with Gasteiger partial charge in [0.1, 0.15) is 28.9 Å². The van der Waals surface area contributed by atoms with Gasteiger partial charge in [-0.15, -0.1) is 0 Å². The minimum Gasteiger partial charge on any atom is -0.457 e. The van der Waals surface area contributed by atoms with Crippen molar-refractivity contribution in [2.75, 3.05) is 29.1 Å². The molecule has 0 spiro atoms. The summed E-state index contributed by atoms with van der Waals surface area (Å²) < 4.78 is 8.15. The molecule has 0 saturated carbocycles. The number of carbonyl (C=O) groups is 1. The maximum atomic E-state index is 11.9. The van der Waals surface area contributed by atoms with Crippen molar-refractivity contribution in [3.05, 3.63) is 60.8 Å². The molecule has 41 heavy (non-hydrogen) atoms. The number of fused-ring (bicyclic) bond motifs is 2. The van der Waals surface area contributed by atoms with E-state index in [0.29, 0.717) is 35.0 Å². The van der Waals surface area contributed by atoms with Crippen LogP contribution in [0.5, 0.6) is 11.5 Å². The minimum absolute atomic E-state index is 0.0501. The highest BCUT2D eigenvalue weighted by atomic mass is 32.1. The van der Waals surface area contributed by atoms with Crippen molar-refractivity contribution >= 4 is 58.1 Å². The van der Waals surface area contributed by atoms with E-state index in [-0.39, 0.29) is 11.9 Å². The molecule has 0 atom stereocenters. The number of carbonyl (C=O) groups excluding carboxylic acids is 1. The quantitative estimate of drug-likeness (QED) is 0.231. The highest BCUT2D eigenvalue weighted by Crippen LogP contribution is 2.31. The summed E-state index contributed by atoms with van der Waals surface area (Å²) in [5.41, 5.74) is 5.06. The number of aromatic nitrogens is 6. The van der Waals surface area contributed by atoms with Crippen molar-refractivity contribution in [2.24, 2.45) is 7.05 Å². The number of thiol groups is 1. The van der Waals surface area contributed by atoms with Gasteiger partial charge in [-0.25, -0.2) is 24.9 Å². The summed E-state index contributed by atoms with van der Waals surface area (Å²) in [5.74, 6) is 3.31. The van der Waals surface area contributed by atoms with Crippen LogP contribution < -0.4 is 20.3 Å². The summed E-state index contributed by atoms with van der Waals surface area (Å²) in [6, 6.07) is 11.9. The maximum Gasteiger partial charge on any atom is 0.226 e. The summed E-state index contributed by atoms with van der Waals surface area (Å²) in [6.45, 7) is 3.51. The fraction of sp³-hybridized carbons (Fsp3) is 0.310. The van der Waals surface area contributed by atoms with E-state index in [1.807, 2.05) is 54.9 Å². The molecule has 1 aliphatic heterocycles. The maximum absolute atomic E-state index is 11.9. The van der Waals surface area contributed by atoms with Crippen LogP contribution in [0.1, 0.15) is 24.8 Å². The average Bonchev–Trinajstić information content (AvgIpc) is 3.34. The first kappa shape index (κ1) is 26.8. The Labute approximate surface area is 242 Å². The van der Waals surface area contributed by atoms with Gasteiger partial charge in [0.25, 0.3) is 0 Å². The number of nitrogens with zero attached hydrogens (tertiary/aromatic N) is 7. The average molecular weight is 570 g/mol. The third-order valence-electron chi connectivity index (χ3n) is 7.21. The van der Waals surface area contributed by atoms with Crippen LogP contribution in [0, 0.1) is 6.92 Å². The number of nitrogens with one attached hydrogen (secondary N) is 2. The van der Waals surface area contributed by atoms with E-state index in [1.165, 1.54) is 6.33 Å². The van der Waals surface area contributed by atoms with Crippen LogP contribution in [0.3, 0.4) is 0 Å². The van der Waals surface area contributed by atoms with Gasteiger partial charge in [0.05, 0.1) is 23.6 Å². The molecule has 2 aromatic carbocycles. The van der Waals surface area contributed by atoms with E-state index < -0.39 is 0 Å². The molecule has 0 aliphatic carbocycles. The summed E-state index contributed by atoms with van der Waals surface area (Å²) in [7, 11) is 1.97. The Morgan fingerprint density at radius 3 is 2.73 bits per heavy atom. The Bertz CT molecular complexity index is 1720. The molecule has 0 unspecified atom stereocenters. The second kappa shape index (κ2) is 11.6. The molecular weight excluding hydrogens is 538 g/mol. The monoisotopic (exact) mass is 569 g/mol. The Balaban J connectivity index is 1.16. The van der Waals surface area contributed by atoms with Gasteiger partial charge in [-0.1, -0.05) is 0 Å². The molecule has 4 heterocycles. The van der Waals surface area contributed by atoms with Crippen LogP contribution in [-0.4, -0.2) is 60.3 Å². The number of aryl methyl sites for hydroxylation is 2. The van der Waals surface area contributed by atoms with Crippen molar-refractivity contribution in [3.63, 3.8) is 0 Å². The number of amides is 1. The lowest BCUT2D eigenvalue weighted by molar-refractivity contribution is -0.121. The van der Waals surface area contributed by atoms with Crippen LogP contribution in [0.2, 0.25) is 0 Å². The van der Waals surface area contributed by atoms with Crippen LogP contribution in [0.4, 0.5) is 17.5 Å². The Kier molecular flexibility index (Phi) is 7.55. The fourth-order valence-corrected chi connectivity index (χ4v) is 5.20. The largest absolute Gasteiger partial charge is 0.457 e. The smallest absolute Gasteiger partial charge is 0.226 e. The predicted molar refractivity (Wildman–Crippen MR) is 162 cm³/mol. The molecule has 1 aliphatic rings. The summed E-state index contributed by atoms with van der Waals surface area (Å²) in [4.78, 5) is 36.7. The van der Waals surface area contributed by atoms with Crippen molar-refractivity contribution < 1.29 is 9.53 Å². The lowest BCUT2D eigenvalue weighted by Gasteiger charge is -2.32. The molecule has 0 radical (unpaired) electrons. The molecule has 2 N–H and O–H groups in total. The number of rotatable bonds is 8. The zero-order valence-electron chi connectivity index (χ0n) is 22.9. The molecule has 3 aromatic heterocycles. The number of piperidine rings is 1. The summed E-state index contributed by atoms with van der Waals surface area (Å²) in [5, 5.41) is 6.48.